The van der Waals surface area contributed by atoms with Gasteiger partial charge in [-0.2, -0.15) is 4.31 Å². The van der Waals surface area contributed by atoms with E-state index in [1.54, 1.807) is 31.2 Å². The molecule has 2 fully saturated rings. The highest BCUT2D eigenvalue weighted by Gasteiger charge is 2.45. The maximum atomic E-state index is 13.7. The smallest absolute Gasteiger partial charge is 0.245 e. The van der Waals surface area contributed by atoms with Crippen LogP contribution in [0.4, 0.5) is 0 Å². The number of nitrogens with two attached hydrogens (primary N) is 1. The molecular formula is C27H35ClN4O5S. The highest BCUT2D eigenvalue weighted by molar-refractivity contribution is 7.89. The van der Waals surface area contributed by atoms with Crippen molar-refractivity contribution in [2.45, 2.75) is 75.4 Å². The van der Waals surface area contributed by atoms with Gasteiger partial charge in [-0.15, -0.1) is 0 Å². The third-order valence-electron chi connectivity index (χ3n) is 7.72. The van der Waals surface area contributed by atoms with Gasteiger partial charge in [0.15, 0.2) is 0 Å². The molecule has 1 aliphatic heterocycles. The number of halogens is 1. The number of hydrogen-bond acceptors (Lipinski definition) is 5. The monoisotopic (exact) mass is 562 g/mol. The number of carbonyl (C=O) groups excluding carboxylic acids is 3. The van der Waals surface area contributed by atoms with Crippen LogP contribution in [-0.4, -0.2) is 78.0 Å². The van der Waals surface area contributed by atoms with E-state index in [9.17, 15) is 22.8 Å². The van der Waals surface area contributed by atoms with E-state index in [1.165, 1.54) is 23.5 Å². The molecule has 0 radical (unpaired) electrons. The number of amides is 3. The van der Waals surface area contributed by atoms with Crippen molar-refractivity contribution in [3.05, 3.63) is 41.4 Å². The largest absolute Gasteiger partial charge is 0.369 e. The topological polar surface area (TPSA) is 121 Å². The molecule has 2 aromatic carbocycles. The molecule has 1 aliphatic carbocycles. The third-order valence-corrected chi connectivity index (χ3v) is 9.80. The van der Waals surface area contributed by atoms with Crippen LogP contribution in [-0.2, 0) is 24.4 Å². The molecule has 2 N–H and O–H groups in total. The van der Waals surface area contributed by atoms with Crippen molar-refractivity contribution in [1.82, 2.24) is 14.1 Å². The normalized spacial score (nSPS) is 19.7. The van der Waals surface area contributed by atoms with Crippen LogP contribution >= 0.6 is 11.6 Å². The van der Waals surface area contributed by atoms with E-state index in [-0.39, 0.29) is 29.8 Å². The maximum absolute atomic E-state index is 13.7. The quantitative estimate of drug-likeness (QED) is 0.503. The lowest BCUT2D eigenvalue weighted by molar-refractivity contribution is -0.146. The summed E-state index contributed by atoms with van der Waals surface area (Å²) in [5, 5.41) is 1.93. The summed E-state index contributed by atoms with van der Waals surface area (Å²) < 4.78 is 28.3. The molecule has 2 aromatic rings. The number of hydrogen-bond donors (Lipinski definition) is 1. The zero-order valence-electron chi connectivity index (χ0n) is 21.8. The van der Waals surface area contributed by atoms with Gasteiger partial charge in [-0.1, -0.05) is 43.0 Å². The van der Waals surface area contributed by atoms with Crippen molar-refractivity contribution in [2.24, 2.45) is 5.73 Å². The van der Waals surface area contributed by atoms with E-state index in [4.69, 9.17) is 17.3 Å². The average Bonchev–Trinajstić information content (AvgIpc) is 3.27. The number of nitrogens with zero attached hydrogens (tertiary/aromatic N) is 3. The Morgan fingerprint density at radius 3 is 2.39 bits per heavy atom. The number of primary amides is 1. The predicted octanol–water partition coefficient (Wildman–Crippen LogP) is 3.14. The Morgan fingerprint density at radius 2 is 1.74 bits per heavy atom. The summed E-state index contributed by atoms with van der Waals surface area (Å²) in [6.07, 6.45) is 5.38. The molecule has 1 heterocycles. The summed E-state index contributed by atoms with van der Waals surface area (Å²) in [5.41, 5.74) is 5.43. The standard InChI is InChI=1S/C27H35ClN4O5S/c1-3-30(22-7-5-4-6-8-22)26(34)18(2)31-14-13-24(27(31)35)32(17-25(29)33)38(36,37)23-12-10-19-15-21(28)11-9-20(19)16-23/h9-12,15-16,18,22,24H,3-8,13-14,17H2,1-2H3,(H2,29,33)/t18-,24-/m0/s1. The molecule has 206 valence electrons. The van der Waals surface area contributed by atoms with Crippen molar-refractivity contribution in [1.29, 1.82) is 0 Å². The summed E-state index contributed by atoms with van der Waals surface area (Å²) in [4.78, 5) is 42.2. The van der Waals surface area contributed by atoms with Crippen LogP contribution in [0.25, 0.3) is 10.8 Å². The van der Waals surface area contributed by atoms with Crippen LogP contribution in [0.15, 0.2) is 41.3 Å². The van der Waals surface area contributed by atoms with E-state index in [2.05, 4.69) is 0 Å². The third kappa shape index (κ3) is 5.67. The lowest BCUT2D eigenvalue weighted by Gasteiger charge is -2.37. The maximum Gasteiger partial charge on any atom is 0.245 e. The molecule has 4 rings (SSSR count). The van der Waals surface area contributed by atoms with Crippen LogP contribution in [0.2, 0.25) is 5.02 Å². The van der Waals surface area contributed by atoms with Gasteiger partial charge in [-0.05, 0) is 68.1 Å². The molecular weight excluding hydrogens is 528 g/mol. The van der Waals surface area contributed by atoms with Crippen molar-refractivity contribution < 1.29 is 22.8 Å². The number of sulfonamides is 1. The van der Waals surface area contributed by atoms with Gasteiger partial charge in [0.1, 0.15) is 12.1 Å². The number of carbonyl (C=O) groups is 3. The van der Waals surface area contributed by atoms with Gasteiger partial charge in [-0.3, -0.25) is 14.4 Å². The van der Waals surface area contributed by atoms with E-state index in [0.717, 1.165) is 35.4 Å². The highest BCUT2D eigenvalue weighted by Crippen LogP contribution is 2.30. The van der Waals surface area contributed by atoms with E-state index < -0.39 is 40.5 Å². The summed E-state index contributed by atoms with van der Waals surface area (Å²) >= 11 is 6.05. The summed E-state index contributed by atoms with van der Waals surface area (Å²) in [7, 11) is -4.26. The van der Waals surface area contributed by atoms with Crippen LogP contribution < -0.4 is 5.73 Å². The lowest BCUT2D eigenvalue weighted by atomic mass is 9.93. The van der Waals surface area contributed by atoms with Gasteiger partial charge in [0.2, 0.25) is 27.7 Å². The first-order valence-corrected chi connectivity index (χ1v) is 15.0. The fourth-order valence-corrected chi connectivity index (χ4v) is 7.50. The molecule has 0 aromatic heterocycles. The molecule has 2 aliphatic rings. The molecule has 1 saturated carbocycles. The van der Waals surface area contributed by atoms with Crippen molar-refractivity contribution >= 4 is 50.1 Å². The predicted molar refractivity (Wildman–Crippen MR) is 146 cm³/mol. The SMILES string of the molecule is CCN(C(=O)[C@H](C)N1CC[C@H](N(CC(N)=O)S(=O)(=O)c2ccc3cc(Cl)ccc3c2)C1=O)C1CCCCC1. The zero-order valence-corrected chi connectivity index (χ0v) is 23.4. The molecule has 11 heteroatoms. The van der Waals surface area contributed by atoms with Gasteiger partial charge in [0.25, 0.3) is 0 Å². The molecule has 0 unspecified atom stereocenters. The van der Waals surface area contributed by atoms with Crippen LogP contribution in [0.5, 0.6) is 0 Å². The molecule has 9 nitrogen and oxygen atoms in total. The molecule has 2 atom stereocenters. The Labute approximate surface area is 228 Å². The molecule has 1 saturated heterocycles. The lowest BCUT2D eigenvalue weighted by Crippen LogP contribution is -2.54. The highest BCUT2D eigenvalue weighted by atomic mass is 35.5. The van der Waals surface area contributed by atoms with Crippen molar-refractivity contribution in [3.63, 3.8) is 0 Å². The first-order valence-electron chi connectivity index (χ1n) is 13.1. The Morgan fingerprint density at radius 1 is 1.08 bits per heavy atom. The number of rotatable bonds is 9. The minimum atomic E-state index is -4.26. The average molecular weight is 563 g/mol. The minimum Gasteiger partial charge on any atom is -0.369 e. The van der Waals surface area contributed by atoms with E-state index >= 15 is 0 Å². The van der Waals surface area contributed by atoms with Crippen molar-refractivity contribution in [2.75, 3.05) is 19.6 Å². The second kappa shape index (κ2) is 11.6. The zero-order chi connectivity index (χ0) is 27.6. The van der Waals surface area contributed by atoms with Gasteiger partial charge in [-0.25, -0.2) is 8.42 Å². The van der Waals surface area contributed by atoms with Gasteiger partial charge in [0, 0.05) is 24.2 Å². The van der Waals surface area contributed by atoms with Crippen LogP contribution in [0.1, 0.15) is 52.4 Å². The van der Waals surface area contributed by atoms with E-state index in [1.807, 2.05) is 11.8 Å². The fraction of sp³-hybridized carbons (Fsp3) is 0.519. The number of likely N-dealkylation sites (N-methyl/N-ethyl adjacent to an activating group) is 1. The molecule has 3 amide bonds. The van der Waals surface area contributed by atoms with Gasteiger partial charge < -0.3 is 15.5 Å². The Hall–Kier alpha value is -2.69. The summed E-state index contributed by atoms with van der Waals surface area (Å²) in [5.74, 6) is -1.50. The first kappa shape index (κ1) is 28.3. The molecule has 0 spiro atoms. The van der Waals surface area contributed by atoms with E-state index in [0.29, 0.717) is 17.0 Å². The summed E-state index contributed by atoms with van der Waals surface area (Å²) in [6.45, 7) is 3.74. The fourth-order valence-electron chi connectivity index (χ4n) is 5.70. The minimum absolute atomic E-state index is 0.0570. The second-order valence-corrected chi connectivity index (χ2v) is 12.4. The number of fused-ring (bicyclic) bond motifs is 1. The number of benzene rings is 2. The Kier molecular flexibility index (Phi) is 8.64. The summed E-state index contributed by atoms with van der Waals surface area (Å²) in [6, 6.07) is 7.92. The Balaban J connectivity index is 1.58. The molecule has 38 heavy (non-hydrogen) atoms. The van der Waals surface area contributed by atoms with Crippen LogP contribution in [0.3, 0.4) is 0 Å². The van der Waals surface area contributed by atoms with Crippen LogP contribution in [0, 0.1) is 0 Å². The van der Waals surface area contributed by atoms with Gasteiger partial charge >= 0.3 is 0 Å². The number of likely N-dealkylation sites (tertiary alicyclic amines) is 1. The second-order valence-electron chi connectivity index (χ2n) is 10.1. The first-order chi connectivity index (χ1) is 18.0. The Bertz CT molecular complexity index is 1330. The van der Waals surface area contributed by atoms with Crippen molar-refractivity contribution in [3.8, 4) is 0 Å². The van der Waals surface area contributed by atoms with Gasteiger partial charge in [0.05, 0.1) is 11.4 Å². The molecule has 0 bridgehead atoms.